The zero-order chi connectivity index (χ0) is 13.0. The number of hydrogen-bond acceptors (Lipinski definition) is 2. The van der Waals surface area contributed by atoms with Gasteiger partial charge in [0.25, 0.3) is 5.91 Å². The zero-order valence-corrected chi connectivity index (χ0v) is 11.8. The van der Waals surface area contributed by atoms with Gasteiger partial charge in [-0.05, 0) is 52.4 Å². The van der Waals surface area contributed by atoms with Gasteiger partial charge in [0.1, 0.15) is 0 Å². The third-order valence-corrected chi connectivity index (χ3v) is 3.51. The van der Waals surface area contributed by atoms with E-state index < -0.39 is 0 Å². The molecule has 2 aromatic carbocycles. The van der Waals surface area contributed by atoms with Gasteiger partial charge in [-0.15, -0.1) is 0 Å². The lowest BCUT2D eigenvalue weighted by atomic mass is 10.1. The maximum atomic E-state index is 12.0. The number of benzene rings is 2. The molecule has 2 rings (SSSR count). The Balaban J connectivity index is 2.14. The van der Waals surface area contributed by atoms with Crippen molar-refractivity contribution in [3.63, 3.8) is 0 Å². The molecule has 2 aromatic rings. The van der Waals surface area contributed by atoms with Crippen molar-refractivity contribution in [2.24, 2.45) is 5.73 Å². The van der Waals surface area contributed by atoms with Gasteiger partial charge in [0, 0.05) is 15.7 Å². The number of anilines is 1. The molecule has 0 unspecified atom stereocenters. The first-order valence-electron chi connectivity index (χ1n) is 5.55. The summed E-state index contributed by atoms with van der Waals surface area (Å²) in [6.45, 7) is 0.485. The highest BCUT2D eigenvalue weighted by atomic mass is 127. The Morgan fingerprint density at radius 3 is 2.39 bits per heavy atom. The van der Waals surface area contributed by atoms with Crippen LogP contribution in [0.1, 0.15) is 15.9 Å². The molecule has 0 heterocycles. The number of amides is 1. The monoisotopic (exact) mass is 352 g/mol. The molecule has 18 heavy (non-hydrogen) atoms. The number of hydrogen-bond donors (Lipinski definition) is 2. The quantitative estimate of drug-likeness (QED) is 0.835. The summed E-state index contributed by atoms with van der Waals surface area (Å²) in [5.41, 5.74) is 7.99. The first kappa shape index (κ1) is 13.0. The van der Waals surface area contributed by atoms with E-state index in [1.165, 1.54) is 0 Å². The third kappa shape index (κ3) is 3.08. The Kier molecular flexibility index (Phi) is 4.33. The Hall–Kier alpha value is -1.40. The third-order valence-electron chi connectivity index (χ3n) is 2.57. The van der Waals surface area contributed by atoms with Crippen LogP contribution in [0.15, 0.2) is 48.5 Å². The summed E-state index contributed by atoms with van der Waals surface area (Å²) in [6, 6.07) is 15.0. The maximum Gasteiger partial charge on any atom is 0.255 e. The molecule has 0 saturated heterocycles. The minimum absolute atomic E-state index is 0.109. The van der Waals surface area contributed by atoms with E-state index in [1.54, 1.807) is 12.1 Å². The molecule has 4 heteroatoms. The van der Waals surface area contributed by atoms with Crippen molar-refractivity contribution in [1.82, 2.24) is 0 Å². The van der Waals surface area contributed by atoms with Gasteiger partial charge in [0.2, 0.25) is 0 Å². The average Bonchev–Trinajstić information content (AvgIpc) is 2.41. The number of para-hydroxylation sites is 1. The second-order valence-corrected chi connectivity index (χ2v) is 5.00. The fourth-order valence-electron chi connectivity index (χ4n) is 1.55. The van der Waals surface area contributed by atoms with Crippen LogP contribution in [0.2, 0.25) is 0 Å². The van der Waals surface area contributed by atoms with Gasteiger partial charge in [-0.1, -0.05) is 24.3 Å². The van der Waals surface area contributed by atoms with E-state index in [4.69, 9.17) is 5.73 Å². The fraction of sp³-hybridized carbons (Fsp3) is 0.0714. The Morgan fingerprint density at radius 1 is 1.11 bits per heavy atom. The van der Waals surface area contributed by atoms with Crippen molar-refractivity contribution < 1.29 is 4.79 Å². The van der Waals surface area contributed by atoms with Crippen LogP contribution < -0.4 is 11.1 Å². The highest BCUT2D eigenvalue weighted by Crippen LogP contribution is 2.18. The number of nitrogens with two attached hydrogens (primary N) is 1. The van der Waals surface area contributed by atoms with E-state index in [-0.39, 0.29) is 5.91 Å². The summed E-state index contributed by atoms with van der Waals surface area (Å²) in [6.07, 6.45) is 0. The summed E-state index contributed by atoms with van der Waals surface area (Å²) in [7, 11) is 0. The van der Waals surface area contributed by atoms with E-state index >= 15 is 0 Å². The molecule has 3 N–H and O–H groups in total. The largest absolute Gasteiger partial charge is 0.326 e. The number of halogens is 1. The fourth-order valence-corrected chi connectivity index (χ4v) is 2.07. The van der Waals surface area contributed by atoms with Crippen LogP contribution >= 0.6 is 22.6 Å². The minimum atomic E-state index is -0.109. The molecule has 0 aromatic heterocycles. The number of carbonyl (C=O) groups is 1. The lowest BCUT2D eigenvalue weighted by Crippen LogP contribution is -2.12. The summed E-state index contributed by atoms with van der Waals surface area (Å²) >= 11 is 2.19. The average molecular weight is 352 g/mol. The molecule has 0 spiro atoms. The number of nitrogens with one attached hydrogen (secondary N) is 1. The molecule has 3 nitrogen and oxygen atoms in total. The van der Waals surface area contributed by atoms with Crippen LogP contribution in [0.3, 0.4) is 0 Å². The van der Waals surface area contributed by atoms with Gasteiger partial charge < -0.3 is 11.1 Å². The molecule has 0 bridgehead atoms. The van der Waals surface area contributed by atoms with E-state index in [9.17, 15) is 4.79 Å². The van der Waals surface area contributed by atoms with Crippen LogP contribution in [0.5, 0.6) is 0 Å². The topological polar surface area (TPSA) is 55.1 Å². The summed E-state index contributed by atoms with van der Waals surface area (Å²) < 4.78 is 1.02. The van der Waals surface area contributed by atoms with E-state index in [1.807, 2.05) is 36.4 Å². The summed E-state index contributed by atoms with van der Waals surface area (Å²) in [5, 5.41) is 2.89. The molecule has 0 radical (unpaired) electrons. The molecule has 92 valence electrons. The SMILES string of the molecule is NCc1ccc(C(=O)Nc2ccccc2I)cc1. The first-order valence-corrected chi connectivity index (χ1v) is 6.63. The van der Waals surface area contributed by atoms with Crippen LogP contribution in [0.4, 0.5) is 5.69 Å². The second-order valence-electron chi connectivity index (χ2n) is 3.84. The zero-order valence-electron chi connectivity index (χ0n) is 9.69. The molecule has 0 fully saturated rings. The van der Waals surface area contributed by atoms with Crippen molar-refractivity contribution in [2.75, 3.05) is 5.32 Å². The molecular weight excluding hydrogens is 339 g/mol. The highest BCUT2D eigenvalue weighted by molar-refractivity contribution is 14.1. The van der Waals surface area contributed by atoms with E-state index in [2.05, 4.69) is 27.9 Å². The number of carbonyl (C=O) groups excluding carboxylic acids is 1. The standard InChI is InChI=1S/C14H13IN2O/c15-12-3-1-2-4-13(12)17-14(18)11-7-5-10(9-16)6-8-11/h1-8H,9,16H2,(H,17,18). The van der Waals surface area contributed by atoms with Crippen LogP contribution in [-0.4, -0.2) is 5.91 Å². The van der Waals surface area contributed by atoms with Crippen LogP contribution in [0.25, 0.3) is 0 Å². The predicted molar refractivity (Wildman–Crippen MR) is 81.4 cm³/mol. The summed E-state index contributed by atoms with van der Waals surface area (Å²) in [4.78, 5) is 12.0. The van der Waals surface area contributed by atoms with E-state index in [0.717, 1.165) is 14.8 Å². The Labute approximate surface area is 120 Å². The van der Waals surface area contributed by atoms with Gasteiger partial charge in [0.15, 0.2) is 0 Å². The van der Waals surface area contributed by atoms with Crippen LogP contribution in [-0.2, 0) is 6.54 Å². The van der Waals surface area contributed by atoms with Crippen molar-refractivity contribution in [2.45, 2.75) is 6.54 Å². The molecule has 0 saturated carbocycles. The highest BCUT2D eigenvalue weighted by Gasteiger charge is 2.07. The molecule has 0 atom stereocenters. The van der Waals surface area contributed by atoms with Gasteiger partial charge in [-0.2, -0.15) is 0 Å². The Bertz CT molecular complexity index is 552. The van der Waals surface area contributed by atoms with Gasteiger partial charge in [-0.3, -0.25) is 4.79 Å². The lowest BCUT2D eigenvalue weighted by molar-refractivity contribution is 0.102. The maximum absolute atomic E-state index is 12.0. The summed E-state index contributed by atoms with van der Waals surface area (Å²) in [5.74, 6) is -0.109. The molecule has 0 aliphatic carbocycles. The normalized spacial score (nSPS) is 10.1. The van der Waals surface area contributed by atoms with E-state index in [0.29, 0.717) is 12.1 Å². The molecule has 1 amide bonds. The van der Waals surface area contributed by atoms with Gasteiger partial charge >= 0.3 is 0 Å². The first-order chi connectivity index (χ1) is 8.70. The van der Waals surface area contributed by atoms with Crippen molar-refractivity contribution in [3.05, 3.63) is 63.2 Å². The van der Waals surface area contributed by atoms with Crippen molar-refractivity contribution in [1.29, 1.82) is 0 Å². The predicted octanol–water partition coefficient (Wildman–Crippen LogP) is 3.00. The van der Waals surface area contributed by atoms with Crippen molar-refractivity contribution in [3.8, 4) is 0 Å². The van der Waals surface area contributed by atoms with Gasteiger partial charge in [-0.25, -0.2) is 0 Å². The van der Waals surface area contributed by atoms with Gasteiger partial charge in [0.05, 0.1) is 5.69 Å². The Morgan fingerprint density at radius 2 is 1.78 bits per heavy atom. The molecular formula is C14H13IN2O. The lowest BCUT2D eigenvalue weighted by Gasteiger charge is -2.07. The van der Waals surface area contributed by atoms with Crippen molar-refractivity contribution >= 4 is 34.2 Å². The smallest absolute Gasteiger partial charge is 0.255 e. The minimum Gasteiger partial charge on any atom is -0.326 e. The number of rotatable bonds is 3. The van der Waals surface area contributed by atoms with Crippen LogP contribution in [0, 0.1) is 3.57 Å². The second kappa shape index (κ2) is 5.97. The molecule has 0 aliphatic rings. The molecule has 0 aliphatic heterocycles.